The van der Waals surface area contributed by atoms with E-state index in [2.05, 4.69) is 16.9 Å². The Kier molecular flexibility index (Phi) is 3.32. The Morgan fingerprint density at radius 2 is 2.55 bits per heavy atom. The molecule has 0 radical (unpaired) electrons. The van der Waals surface area contributed by atoms with E-state index in [0.717, 1.165) is 18.5 Å². The van der Waals surface area contributed by atoms with Crippen molar-refractivity contribution < 1.29 is 0 Å². The third kappa shape index (κ3) is 2.94. The summed E-state index contributed by atoms with van der Waals surface area (Å²) < 4.78 is 0. The van der Waals surface area contributed by atoms with E-state index in [4.69, 9.17) is 0 Å². The molecular weight excluding hydrogens is 136 g/mol. The molecule has 0 spiro atoms. The first kappa shape index (κ1) is 7.92. The minimum Gasteiger partial charge on any atom is -0.293 e. The van der Waals surface area contributed by atoms with Crippen LogP contribution < -0.4 is 0 Å². The second kappa shape index (κ2) is 4.61. The lowest BCUT2D eigenvalue weighted by molar-refractivity contribution is 0.937. The summed E-state index contributed by atoms with van der Waals surface area (Å²) in [6, 6.07) is 3.90. The average Bonchev–Trinajstić information content (AvgIpc) is 2.07. The molecule has 0 fully saturated rings. The molecule has 1 heterocycles. The van der Waals surface area contributed by atoms with E-state index in [9.17, 15) is 0 Å². The average molecular weight is 148 g/mol. The Hall–Kier alpha value is -1.18. The zero-order valence-corrected chi connectivity index (χ0v) is 6.70. The van der Waals surface area contributed by atoms with Gasteiger partial charge in [-0.15, -0.1) is 0 Å². The molecule has 0 N–H and O–H groups in total. The van der Waals surface area contributed by atoms with E-state index in [-0.39, 0.29) is 0 Å². The van der Waals surface area contributed by atoms with Gasteiger partial charge in [0, 0.05) is 30.7 Å². The summed E-state index contributed by atoms with van der Waals surface area (Å²) in [6.07, 6.45) is 6.52. The molecular formula is C9H12N2. The minimum absolute atomic E-state index is 0.898. The van der Waals surface area contributed by atoms with Crippen LogP contribution in [0.3, 0.4) is 0 Å². The lowest BCUT2D eigenvalue weighted by Gasteiger charge is -1.88. The second-order valence-corrected chi connectivity index (χ2v) is 2.32. The van der Waals surface area contributed by atoms with Gasteiger partial charge in [-0.25, -0.2) is 0 Å². The molecule has 0 aliphatic heterocycles. The number of aliphatic imine (C=N–C) groups is 1. The molecule has 0 amide bonds. The molecule has 1 aromatic heterocycles. The van der Waals surface area contributed by atoms with Crippen LogP contribution in [0.5, 0.6) is 0 Å². The van der Waals surface area contributed by atoms with Gasteiger partial charge in [-0.3, -0.25) is 9.98 Å². The molecule has 1 aromatic rings. The van der Waals surface area contributed by atoms with Gasteiger partial charge in [-0.05, 0) is 12.5 Å². The summed E-state index contributed by atoms with van der Waals surface area (Å²) in [4.78, 5) is 8.17. The maximum absolute atomic E-state index is 4.20. The second-order valence-electron chi connectivity index (χ2n) is 2.32. The van der Waals surface area contributed by atoms with E-state index in [1.54, 1.807) is 12.4 Å². The number of nitrogens with zero attached hydrogens (tertiary/aromatic N) is 2. The fourth-order valence-corrected chi connectivity index (χ4v) is 0.751. The fraction of sp³-hybridized carbons (Fsp3) is 0.333. The maximum Gasteiger partial charge on any atom is 0.0386 e. The first-order valence-corrected chi connectivity index (χ1v) is 3.83. The molecule has 0 aliphatic rings. The number of rotatable bonds is 3. The predicted octanol–water partition coefficient (Wildman–Crippen LogP) is 1.91. The summed E-state index contributed by atoms with van der Waals surface area (Å²) in [7, 11) is 0. The number of hydrogen-bond donors (Lipinski definition) is 0. The molecule has 1 rings (SSSR count). The third-order valence-electron chi connectivity index (χ3n) is 1.28. The molecule has 0 saturated heterocycles. The van der Waals surface area contributed by atoms with Crippen LogP contribution in [-0.2, 0) is 0 Å². The Morgan fingerprint density at radius 1 is 1.64 bits per heavy atom. The van der Waals surface area contributed by atoms with Crippen molar-refractivity contribution in [2.45, 2.75) is 13.3 Å². The van der Waals surface area contributed by atoms with Crippen LogP contribution in [0.1, 0.15) is 18.9 Å². The standard InChI is InChI=1S/C9H12N2/c1-2-5-10-7-9-4-3-6-11-8-9/h3-4,6-8H,2,5H2,1H3/b10-7-. The van der Waals surface area contributed by atoms with Crippen molar-refractivity contribution >= 4 is 6.21 Å². The smallest absolute Gasteiger partial charge is 0.0386 e. The number of hydrogen-bond acceptors (Lipinski definition) is 2. The lowest BCUT2D eigenvalue weighted by atomic mass is 10.3. The van der Waals surface area contributed by atoms with Crippen LogP contribution in [0.25, 0.3) is 0 Å². The van der Waals surface area contributed by atoms with Gasteiger partial charge < -0.3 is 0 Å². The molecule has 0 bridgehead atoms. The van der Waals surface area contributed by atoms with Gasteiger partial charge in [0.25, 0.3) is 0 Å². The summed E-state index contributed by atoms with van der Waals surface area (Å²) in [5, 5.41) is 0. The van der Waals surface area contributed by atoms with Crippen LogP contribution in [0.2, 0.25) is 0 Å². The molecule has 2 nitrogen and oxygen atoms in total. The quantitative estimate of drug-likeness (QED) is 0.601. The summed E-state index contributed by atoms with van der Waals surface area (Å²) in [5.74, 6) is 0. The third-order valence-corrected chi connectivity index (χ3v) is 1.28. The molecule has 58 valence electrons. The highest BCUT2D eigenvalue weighted by atomic mass is 14.7. The van der Waals surface area contributed by atoms with Crippen molar-refractivity contribution in [2.75, 3.05) is 6.54 Å². The normalized spacial score (nSPS) is 10.6. The van der Waals surface area contributed by atoms with Gasteiger partial charge in [0.15, 0.2) is 0 Å². The SMILES string of the molecule is CCC/N=C\c1cccnc1. The van der Waals surface area contributed by atoms with E-state index in [1.807, 2.05) is 18.3 Å². The molecule has 0 aliphatic carbocycles. The highest BCUT2D eigenvalue weighted by Crippen LogP contribution is 1.90. The zero-order valence-electron chi connectivity index (χ0n) is 6.70. The van der Waals surface area contributed by atoms with Gasteiger partial charge in [0.05, 0.1) is 0 Å². The number of pyridine rings is 1. The van der Waals surface area contributed by atoms with Crippen LogP contribution in [0, 0.1) is 0 Å². The molecule has 0 unspecified atom stereocenters. The van der Waals surface area contributed by atoms with Crippen molar-refractivity contribution in [3.8, 4) is 0 Å². The van der Waals surface area contributed by atoms with Gasteiger partial charge in [-0.2, -0.15) is 0 Å². The molecule has 0 aromatic carbocycles. The highest BCUT2D eigenvalue weighted by molar-refractivity contribution is 5.78. The van der Waals surface area contributed by atoms with Crippen molar-refractivity contribution in [3.05, 3.63) is 30.1 Å². The van der Waals surface area contributed by atoms with Crippen LogP contribution in [-0.4, -0.2) is 17.7 Å². The summed E-state index contributed by atoms with van der Waals surface area (Å²) >= 11 is 0. The molecule has 0 atom stereocenters. The molecule has 2 heteroatoms. The fourth-order valence-electron chi connectivity index (χ4n) is 0.751. The summed E-state index contributed by atoms with van der Waals surface area (Å²) in [5.41, 5.74) is 1.07. The van der Waals surface area contributed by atoms with Gasteiger partial charge in [0.1, 0.15) is 0 Å². The van der Waals surface area contributed by atoms with Gasteiger partial charge >= 0.3 is 0 Å². The van der Waals surface area contributed by atoms with E-state index >= 15 is 0 Å². The maximum atomic E-state index is 4.20. The molecule has 11 heavy (non-hydrogen) atoms. The van der Waals surface area contributed by atoms with Gasteiger partial charge in [0.2, 0.25) is 0 Å². The van der Waals surface area contributed by atoms with Crippen LogP contribution >= 0.6 is 0 Å². The van der Waals surface area contributed by atoms with Crippen molar-refractivity contribution in [1.82, 2.24) is 4.98 Å². The minimum atomic E-state index is 0.898. The molecule has 0 saturated carbocycles. The first-order valence-electron chi connectivity index (χ1n) is 3.83. The Labute approximate surface area is 67.0 Å². The van der Waals surface area contributed by atoms with E-state index in [1.165, 1.54) is 0 Å². The Morgan fingerprint density at radius 3 is 3.18 bits per heavy atom. The predicted molar refractivity (Wildman–Crippen MR) is 47.0 cm³/mol. The van der Waals surface area contributed by atoms with E-state index < -0.39 is 0 Å². The van der Waals surface area contributed by atoms with Crippen molar-refractivity contribution in [1.29, 1.82) is 0 Å². The Bertz CT molecular complexity index is 216. The zero-order chi connectivity index (χ0) is 7.94. The van der Waals surface area contributed by atoms with Crippen LogP contribution in [0.15, 0.2) is 29.5 Å². The monoisotopic (exact) mass is 148 g/mol. The van der Waals surface area contributed by atoms with Crippen molar-refractivity contribution in [3.63, 3.8) is 0 Å². The summed E-state index contributed by atoms with van der Waals surface area (Å²) in [6.45, 7) is 3.01. The number of aromatic nitrogens is 1. The lowest BCUT2D eigenvalue weighted by Crippen LogP contribution is -1.83. The van der Waals surface area contributed by atoms with Crippen LogP contribution in [0.4, 0.5) is 0 Å². The van der Waals surface area contributed by atoms with Crippen molar-refractivity contribution in [2.24, 2.45) is 4.99 Å². The topological polar surface area (TPSA) is 25.2 Å². The largest absolute Gasteiger partial charge is 0.293 e. The first-order chi connectivity index (χ1) is 5.43. The van der Waals surface area contributed by atoms with Gasteiger partial charge in [-0.1, -0.05) is 13.0 Å². The Balaban J connectivity index is 2.50. The van der Waals surface area contributed by atoms with E-state index in [0.29, 0.717) is 0 Å². The highest BCUT2D eigenvalue weighted by Gasteiger charge is 1.82.